The number of carbonyl (C=O) groups excluding carboxylic acids is 3. The molecule has 2 saturated heterocycles. The Morgan fingerprint density at radius 3 is 2.61 bits per heavy atom. The van der Waals surface area contributed by atoms with E-state index in [0.29, 0.717) is 49.5 Å². The third-order valence-corrected chi connectivity index (χ3v) is 6.62. The van der Waals surface area contributed by atoms with Crippen molar-refractivity contribution in [3.63, 3.8) is 0 Å². The average molecular weight is 513 g/mol. The van der Waals surface area contributed by atoms with Crippen LogP contribution in [0, 0.1) is 10.1 Å². The lowest BCUT2D eigenvalue weighted by Gasteiger charge is -2.30. The molecule has 186 valence electrons. The number of amides is 3. The quantitative estimate of drug-likeness (QED) is 0.349. The van der Waals surface area contributed by atoms with Crippen LogP contribution < -0.4 is 19.7 Å². The van der Waals surface area contributed by atoms with Crippen molar-refractivity contribution in [2.75, 3.05) is 49.9 Å². The zero-order chi connectivity index (χ0) is 25.2. The van der Waals surface area contributed by atoms with Crippen molar-refractivity contribution >= 4 is 52.0 Å². The zero-order valence-electron chi connectivity index (χ0n) is 18.8. The lowest BCUT2D eigenvalue weighted by molar-refractivity contribution is -0.385. The largest absolute Gasteiger partial charge is 0.454 e. The Balaban J connectivity index is 1.32. The first-order chi connectivity index (χ1) is 17.4. The van der Waals surface area contributed by atoms with Crippen LogP contribution in [0.1, 0.15) is 5.56 Å². The van der Waals surface area contributed by atoms with Crippen LogP contribution in [0.25, 0.3) is 6.08 Å². The van der Waals surface area contributed by atoms with Crippen molar-refractivity contribution in [3.05, 3.63) is 57.0 Å². The van der Waals surface area contributed by atoms with Gasteiger partial charge in [-0.25, -0.2) is 0 Å². The molecule has 12 nitrogen and oxygen atoms in total. The number of rotatable bonds is 6. The van der Waals surface area contributed by atoms with Crippen molar-refractivity contribution in [1.82, 2.24) is 4.90 Å². The van der Waals surface area contributed by atoms with E-state index in [1.54, 1.807) is 12.1 Å². The third kappa shape index (κ3) is 4.70. The highest BCUT2D eigenvalue weighted by Crippen LogP contribution is 2.40. The van der Waals surface area contributed by atoms with Gasteiger partial charge in [-0.15, -0.1) is 0 Å². The van der Waals surface area contributed by atoms with E-state index in [1.807, 2.05) is 12.1 Å². The van der Waals surface area contributed by atoms with Crippen LogP contribution in [-0.4, -0.2) is 66.5 Å². The highest BCUT2D eigenvalue weighted by atomic mass is 32.2. The number of nitro benzene ring substituents is 1. The normalized spacial score (nSPS) is 18.2. The number of thioether (sulfide) groups is 1. The molecule has 0 unspecified atom stereocenters. The van der Waals surface area contributed by atoms with Crippen LogP contribution in [0.5, 0.6) is 11.5 Å². The first-order valence-corrected chi connectivity index (χ1v) is 11.8. The van der Waals surface area contributed by atoms with Gasteiger partial charge in [-0.1, -0.05) is 12.1 Å². The number of fused-ring (bicyclic) bond motifs is 1. The topological polar surface area (TPSA) is 141 Å². The van der Waals surface area contributed by atoms with Crippen molar-refractivity contribution in [2.45, 2.75) is 0 Å². The lowest BCUT2D eigenvalue weighted by atomic mass is 10.1. The zero-order valence-corrected chi connectivity index (χ0v) is 19.6. The SMILES string of the molecule is O=C(CN1C(=O)S/C(=C\c2cc3c(cc2[N+](=O)[O-])OCO3)C1=O)Nc1ccccc1N1CCOCC1. The standard InChI is InChI=1S/C23H20N4O8S/c28-21(24-15-3-1-2-4-16(15)25-5-7-33-8-6-25)12-26-22(29)20(36-23(26)30)10-14-9-18-19(35-13-34-18)11-17(14)27(31)32/h1-4,9-11H,5-8,12-13H2,(H,24,28)/b20-10-. The van der Waals surface area contributed by atoms with Gasteiger partial charge in [-0.05, 0) is 36.0 Å². The van der Waals surface area contributed by atoms with E-state index < -0.39 is 28.5 Å². The fourth-order valence-corrected chi connectivity index (χ4v) is 4.82. The molecule has 2 aromatic carbocycles. The fourth-order valence-electron chi connectivity index (χ4n) is 3.99. The summed E-state index contributed by atoms with van der Waals surface area (Å²) in [5.41, 5.74) is 1.16. The number of hydrogen-bond donors (Lipinski definition) is 1. The number of carbonyl (C=O) groups is 3. The molecule has 36 heavy (non-hydrogen) atoms. The van der Waals surface area contributed by atoms with Crippen LogP contribution >= 0.6 is 11.8 Å². The predicted molar refractivity (Wildman–Crippen MR) is 130 cm³/mol. The Kier molecular flexibility index (Phi) is 6.48. The van der Waals surface area contributed by atoms with E-state index in [0.717, 1.165) is 10.6 Å². The molecule has 13 heteroatoms. The second kappa shape index (κ2) is 9.87. The summed E-state index contributed by atoms with van der Waals surface area (Å²) in [6, 6.07) is 9.84. The van der Waals surface area contributed by atoms with Gasteiger partial charge in [0.1, 0.15) is 6.54 Å². The van der Waals surface area contributed by atoms with Crippen LogP contribution in [0.3, 0.4) is 0 Å². The summed E-state index contributed by atoms with van der Waals surface area (Å²) in [6.07, 6.45) is 1.25. The molecular weight excluding hydrogens is 492 g/mol. The summed E-state index contributed by atoms with van der Waals surface area (Å²) in [7, 11) is 0. The molecule has 5 rings (SSSR count). The van der Waals surface area contributed by atoms with E-state index in [4.69, 9.17) is 14.2 Å². The number of ether oxygens (including phenoxy) is 3. The minimum absolute atomic E-state index is 0.0384. The number of imide groups is 1. The highest BCUT2D eigenvalue weighted by Gasteiger charge is 2.37. The summed E-state index contributed by atoms with van der Waals surface area (Å²) < 4.78 is 15.8. The molecule has 0 radical (unpaired) electrons. The molecule has 0 saturated carbocycles. The maximum atomic E-state index is 12.9. The minimum Gasteiger partial charge on any atom is -0.454 e. The minimum atomic E-state index is -0.714. The van der Waals surface area contributed by atoms with Gasteiger partial charge in [0.05, 0.1) is 46.0 Å². The van der Waals surface area contributed by atoms with Crippen molar-refractivity contribution in [2.24, 2.45) is 0 Å². The molecule has 3 amide bonds. The second-order valence-corrected chi connectivity index (χ2v) is 8.95. The fraction of sp³-hybridized carbons (Fsp3) is 0.261. The first-order valence-electron chi connectivity index (χ1n) is 11.0. The first kappa shape index (κ1) is 23.6. The number of nitrogens with zero attached hydrogens (tertiary/aromatic N) is 3. The van der Waals surface area contributed by atoms with Gasteiger partial charge in [0, 0.05) is 13.1 Å². The Bertz CT molecular complexity index is 1290. The number of nitrogens with one attached hydrogen (secondary N) is 1. The molecule has 0 spiro atoms. The second-order valence-electron chi connectivity index (χ2n) is 7.95. The number of anilines is 2. The Labute approximate surface area is 208 Å². The molecule has 3 aliphatic rings. The molecule has 2 aromatic rings. The highest BCUT2D eigenvalue weighted by molar-refractivity contribution is 8.18. The Morgan fingerprint density at radius 1 is 1.14 bits per heavy atom. The van der Waals surface area contributed by atoms with Gasteiger partial charge in [0.2, 0.25) is 12.7 Å². The molecular formula is C23H20N4O8S. The van der Waals surface area contributed by atoms with Gasteiger partial charge in [0.15, 0.2) is 11.5 Å². The molecule has 3 aliphatic heterocycles. The van der Waals surface area contributed by atoms with E-state index in [1.165, 1.54) is 18.2 Å². The van der Waals surface area contributed by atoms with E-state index in [2.05, 4.69) is 10.2 Å². The third-order valence-electron chi connectivity index (χ3n) is 5.71. The summed E-state index contributed by atoms with van der Waals surface area (Å²) in [6.45, 7) is 1.93. The van der Waals surface area contributed by atoms with Crippen LogP contribution in [-0.2, 0) is 14.3 Å². The molecule has 2 fully saturated rings. The number of morpholine rings is 1. The van der Waals surface area contributed by atoms with Crippen LogP contribution in [0.2, 0.25) is 0 Å². The predicted octanol–water partition coefficient (Wildman–Crippen LogP) is 2.84. The number of hydrogen-bond acceptors (Lipinski definition) is 10. The number of nitro groups is 1. The summed E-state index contributed by atoms with van der Waals surface area (Å²) >= 11 is 0.606. The maximum absolute atomic E-state index is 12.9. The Morgan fingerprint density at radius 2 is 1.86 bits per heavy atom. The van der Waals surface area contributed by atoms with E-state index >= 15 is 0 Å². The monoisotopic (exact) mass is 512 g/mol. The number of para-hydroxylation sites is 2. The molecule has 0 atom stereocenters. The average Bonchev–Trinajstić information content (AvgIpc) is 3.43. The number of benzene rings is 2. The molecule has 0 aromatic heterocycles. The molecule has 3 heterocycles. The van der Waals surface area contributed by atoms with E-state index in [9.17, 15) is 24.5 Å². The molecule has 1 N–H and O–H groups in total. The van der Waals surface area contributed by atoms with Crippen molar-refractivity contribution in [3.8, 4) is 11.5 Å². The van der Waals surface area contributed by atoms with Gasteiger partial charge >= 0.3 is 0 Å². The van der Waals surface area contributed by atoms with Gasteiger partial charge in [-0.3, -0.25) is 29.4 Å². The van der Waals surface area contributed by atoms with Crippen molar-refractivity contribution < 1.29 is 33.5 Å². The van der Waals surface area contributed by atoms with Crippen LogP contribution in [0.4, 0.5) is 21.9 Å². The van der Waals surface area contributed by atoms with Gasteiger partial charge in [0.25, 0.3) is 16.8 Å². The molecule has 0 bridgehead atoms. The Hall–Kier alpha value is -4.10. The summed E-state index contributed by atoms with van der Waals surface area (Å²) in [4.78, 5) is 52.0. The summed E-state index contributed by atoms with van der Waals surface area (Å²) in [5.74, 6) is -0.743. The lowest BCUT2D eigenvalue weighted by Crippen LogP contribution is -2.38. The molecule has 0 aliphatic carbocycles. The van der Waals surface area contributed by atoms with Crippen LogP contribution in [0.15, 0.2) is 41.3 Å². The smallest absolute Gasteiger partial charge is 0.294 e. The maximum Gasteiger partial charge on any atom is 0.294 e. The van der Waals surface area contributed by atoms with E-state index in [-0.39, 0.29) is 28.7 Å². The van der Waals surface area contributed by atoms with Crippen molar-refractivity contribution in [1.29, 1.82) is 0 Å². The van der Waals surface area contributed by atoms with Gasteiger partial charge in [-0.2, -0.15) is 0 Å². The summed E-state index contributed by atoms with van der Waals surface area (Å²) in [5, 5.41) is 13.6. The van der Waals surface area contributed by atoms with Gasteiger partial charge < -0.3 is 24.4 Å².